The molecule has 1 aliphatic rings. The van der Waals surface area contributed by atoms with Crippen LogP contribution in [0.15, 0.2) is 18.2 Å². The molecule has 0 aromatic heterocycles. The van der Waals surface area contributed by atoms with Crippen molar-refractivity contribution in [3.8, 4) is 11.8 Å². The molecule has 82 valence electrons. The van der Waals surface area contributed by atoms with Crippen molar-refractivity contribution in [3.05, 3.63) is 34.9 Å². The molecule has 1 aliphatic heterocycles. The van der Waals surface area contributed by atoms with E-state index in [0.717, 1.165) is 25.1 Å². The van der Waals surface area contributed by atoms with E-state index in [4.69, 9.17) is 0 Å². The summed E-state index contributed by atoms with van der Waals surface area (Å²) in [4.78, 5) is 10.9. The summed E-state index contributed by atoms with van der Waals surface area (Å²) in [6.45, 7) is 1.92. The first-order valence-corrected chi connectivity index (χ1v) is 5.22. The zero-order valence-electron chi connectivity index (χ0n) is 9.17. The SMILES string of the molecule is COC(=O)C#Cc1ccc2c(c1)CCNC2. The van der Waals surface area contributed by atoms with Crippen LogP contribution in [0.4, 0.5) is 0 Å². The predicted octanol–water partition coefficient (Wildman–Crippen LogP) is 0.857. The Hall–Kier alpha value is -1.79. The number of hydrogen-bond acceptors (Lipinski definition) is 3. The molecule has 0 atom stereocenters. The molecule has 2 rings (SSSR count). The average Bonchev–Trinajstić information content (AvgIpc) is 2.35. The average molecular weight is 215 g/mol. The second kappa shape index (κ2) is 4.82. The molecule has 0 radical (unpaired) electrons. The molecule has 3 nitrogen and oxygen atoms in total. The number of carbonyl (C=O) groups is 1. The normalized spacial score (nSPS) is 13.3. The molecule has 0 bridgehead atoms. The summed E-state index contributed by atoms with van der Waals surface area (Å²) in [5.74, 6) is 4.73. The standard InChI is InChI=1S/C13H13NO2/c1-16-13(15)5-3-10-2-4-12-9-14-7-6-11(12)8-10/h2,4,8,14H,6-7,9H2,1H3. The molecule has 3 heteroatoms. The second-order valence-corrected chi connectivity index (χ2v) is 3.65. The minimum atomic E-state index is -0.501. The Labute approximate surface area is 94.8 Å². The van der Waals surface area contributed by atoms with Crippen molar-refractivity contribution in [1.29, 1.82) is 0 Å². The Morgan fingerprint density at radius 2 is 2.31 bits per heavy atom. The van der Waals surface area contributed by atoms with Gasteiger partial charge in [0.25, 0.3) is 0 Å². The van der Waals surface area contributed by atoms with E-state index in [2.05, 4.69) is 28.0 Å². The number of hydrogen-bond donors (Lipinski definition) is 1. The Balaban J connectivity index is 2.22. The fourth-order valence-corrected chi connectivity index (χ4v) is 1.73. The van der Waals surface area contributed by atoms with Crippen LogP contribution in [0.2, 0.25) is 0 Å². The number of carbonyl (C=O) groups excluding carboxylic acids is 1. The molecule has 0 unspecified atom stereocenters. The Morgan fingerprint density at radius 1 is 1.44 bits per heavy atom. The highest BCUT2D eigenvalue weighted by Gasteiger charge is 2.07. The lowest BCUT2D eigenvalue weighted by atomic mass is 9.99. The highest BCUT2D eigenvalue weighted by molar-refractivity contribution is 5.89. The third-order valence-electron chi connectivity index (χ3n) is 2.59. The predicted molar refractivity (Wildman–Crippen MR) is 60.7 cm³/mol. The molecule has 1 aromatic carbocycles. The van der Waals surface area contributed by atoms with Crippen molar-refractivity contribution >= 4 is 5.97 Å². The van der Waals surface area contributed by atoms with Gasteiger partial charge in [0.05, 0.1) is 7.11 Å². The van der Waals surface area contributed by atoms with Gasteiger partial charge in [-0.2, -0.15) is 0 Å². The molecule has 1 N–H and O–H groups in total. The molecule has 1 aromatic rings. The minimum Gasteiger partial charge on any atom is -0.459 e. The lowest BCUT2D eigenvalue weighted by molar-refractivity contribution is -0.133. The lowest BCUT2D eigenvalue weighted by Crippen LogP contribution is -2.23. The van der Waals surface area contributed by atoms with E-state index >= 15 is 0 Å². The van der Waals surface area contributed by atoms with Gasteiger partial charge in [0.2, 0.25) is 0 Å². The van der Waals surface area contributed by atoms with Gasteiger partial charge in [-0.05, 0) is 36.2 Å². The van der Waals surface area contributed by atoms with Crippen LogP contribution in [0, 0.1) is 11.8 Å². The van der Waals surface area contributed by atoms with Crippen LogP contribution in [0.1, 0.15) is 16.7 Å². The first-order valence-electron chi connectivity index (χ1n) is 5.22. The van der Waals surface area contributed by atoms with Gasteiger partial charge in [0.1, 0.15) is 0 Å². The molecule has 0 saturated carbocycles. The molecule has 0 fully saturated rings. The highest BCUT2D eigenvalue weighted by Crippen LogP contribution is 2.15. The molecule has 0 spiro atoms. The summed E-state index contributed by atoms with van der Waals surface area (Å²) >= 11 is 0. The zero-order valence-corrected chi connectivity index (χ0v) is 9.17. The number of ether oxygens (including phenoxy) is 1. The van der Waals surface area contributed by atoms with Crippen molar-refractivity contribution in [1.82, 2.24) is 5.32 Å². The quantitative estimate of drug-likeness (QED) is 0.515. The van der Waals surface area contributed by atoms with Gasteiger partial charge < -0.3 is 10.1 Å². The third kappa shape index (κ3) is 2.41. The van der Waals surface area contributed by atoms with Crippen LogP contribution in [-0.2, 0) is 22.5 Å². The molecule has 0 amide bonds. The summed E-state index contributed by atoms with van der Waals surface area (Å²) in [6, 6.07) is 6.04. The number of rotatable bonds is 0. The number of methoxy groups -OCH3 is 1. The van der Waals surface area contributed by atoms with E-state index in [9.17, 15) is 4.79 Å². The van der Waals surface area contributed by atoms with Crippen LogP contribution in [-0.4, -0.2) is 19.6 Å². The van der Waals surface area contributed by atoms with Gasteiger partial charge in [-0.25, -0.2) is 4.79 Å². The molecule has 0 saturated heterocycles. The first-order chi connectivity index (χ1) is 7.79. The summed E-state index contributed by atoms with van der Waals surface area (Å²) in [6.07, 6.45) is 1.02. The Kier molecular flexibility index (Phi) is 3.23. The summed E-state index contributed by atoms with van der Waals surface area (Å²) in [5.41, 5.74) is 3.50. The van der Waals surface area contributed by atoms with Crippen LogP contribution in [0.3, 0.4) is 0 Å². The van der Waals surface area contributed by atoms with E-state index < -0.39 is 5.97 Å². The third-order valence-corrected chi connectivity index (χ3v) is 2.59. The molecular weight excluding hydrogens is 202 g/mol. The van der Waals surface area contributed by atoms with Crippen LogP contribution < -0.4 is 5.32 Å². The largest absolute Gasteiger partial charge is 0.459 e. The van der Waals surface area contributed by atoms with E-state index in [1.54, 1.807) is 0 Å². The minimum absolute atomic E-state index is 0.501. The van der Waals surface area contributed by atoms with Crippen LogP contribution in [0.5, 0.6) is 0 Å². The number of benzene rings is 1. The topological polar surface area (TPSA) is 38.3 Å². The van der Waals surface area contributed by atoms with Gasteiger partial charge in [-0.1, -0.05) is 12.0 Å². The van der Waals surface area contributed by atoms with Crippen LogP contribution in [0.25, 0.3) is 0 Å². The maximum atomic E-state index is 10.9. The van der Waals surface area contributed by atoms with Gasteiger partial charge in [-0.15, -0.1) is 0 Å². The van der Waals surface area contributed by atoms with Gasteiger partial charge in [-0.3, -0.25) is 0 Å². The van der Waals surface area contributed by atoms with E-state index in [0.29, 0.717) is 0 Å². The van der Waals surface area contributed by atoms with Gasteiger partial charge in [0.15, 0.2) is 0 Å². The monoisotopic (exact) mass is 215 g/mol. The van der Waals surface area contributed by atoms with Crippen molar-refractivity contribution in [3.63, 3.8) is 0 Å². The number of fused-ring (bicyclic) bond motifs is 1. The molecule has 16 heavy (non-hydrogen) atoms. The molecule has 0 aliphatic carbocycles. The fourth-order valence-electron chi connectivity index (χ4n) is 1.73. The van der Waals surface area contributed by atoms with Gasteiger partial charge >= 0.3 is 5.97 Å². The smallest absolute Gasteiger partial charge is 0.384 e. The van der Waals surface area contributed by atoms with Crippen molar-refractivity contribution < 1.29 is 9.53 Å². The summed E-state index contributed by atoms with van der Waals surface area (Å²) < 4.78 is 4.46. The molecule has 1 heterocycles. The second-order valence-electron chi connectivity index (χ2n) is 3.65. The number of esters is 1. The van der Waals surface area contributed by atoms with Crippen molar-refractivity contribution in [2.45, 2.75) is 13.0 Å². The maximum Gasteiger partial charge on any atom is 0.384 e. The van der Waals surface area contributed by atoms with Gasteiger partial charge in [0, 0.05) is 18.0 Å². The molecular formula is C13H13NO2. The lowest BCUT2D eigenvalue weighted by Gasteiger charge is -2.16. The Morgan fingerprint density at radius 3 is 3.12 bits per heavy atom. The zero-order chi connectivity index (χ0) is 11.4. The van der Waals surface area contributed by atoms with E-state index in [1.165, 1.54) is 18.2 Å². The summed E-state index contributed by atoms with van der Waals surface area (Å²) in [7, 11) is 1.33. The highest BCUT2D eigenvalue weighted by atomic mass is 16.5. The Bertz CT molecular complexity index is 469. The first kappa shape index (κ1) is 10.7. The number of nitrogens with one attached hydrogen (secondary N) is 1. The fraction of sp³-hybridized carbons (Fsp3) is 0.308. The summed E-state index contributed by atoms with van der Waals surface area (Å²) in [5, 5.41) is 3.31. The van der Waals surface area contributed by atoms with E-state index in [1.807, 2.05) is 12.1 Å². The van der Waals surface area contributed by atoms with Crippen molar-refractivity contribution in [2.24, 2.45) is 0 Å². The maximum absolute atomic E-state index is 10.9. The van der Waals surface area contributed by atoms with Crippen molar-refractivity contribution in [2.75, 3.05) is 13.7 Å². The van der Waals surface area contributed by atoms with Crippen LogP contribution >= 0.6 is 0 Å². The van der Waals surface area contributed by atoms with E-state index in [-0.39, 0.29) is 0 Å².